The Hall–Kier alpha value is -1.47. The molecule has 0 bridgehead atoms. The average Bonchev–Trinajstić information content (AvgIpc) is 2.16. The lowest BCUT2D eigenvalue weighted by atomic mass is 10.1. The number of aromatic hydroxyl groups is 1. The molecule has 1 aromatic rings. The minimum absolute atomic E-state index is 0.0107. The smallest absolute Gasteiger partial charge is 0.335 e. The van der Waals surface area contributed by atoms with Gasteiger partial charge in [-0.15, -0.1) is 0 Å². The number of hydrogen-bond donors (Lipinski definition) is 2. The van der Waals surface area contributed by atoms with Gasteiger partial charge < -0.3 is 10.2 Å². The summed E-state index contributed by atoms with van der Waals surface area (Å²) in [5, 5.41) is 18.5. The fourth-order valence-electron chi connectivity index (χ4n) is 0.898. The number of phenolic OH excluding ortho intramolecular Hbond substituents is 1. The predicted molar refractivity (Wildman–Crippen MR) is 55.7 cm³/mol. The van der Waals surface area contributed by atoms with E-state index in [2.05, 4.69) is 27.8 Å². The van der Waals surface area contributed by atoms with Crippen molar-refractivity contribution in [3.05, 3.63) is 29.3 Å². The normalized spacial score (nSPS) is 8.93. The summed E-state index contributed by atoms with van der Waals surface area (Å²) in [6.07, 6.45) is 0. The Kier molecular flexibility index (Phi) is 3.55. The molecular weight excluding hydrogens is 248 g/mol. The SMILES string of the molecule is O=C(O)c1ccc(O)c(C#CCBr)c1. The lowest BCUT2D eigenvalue weighted by Gasteiger charge is -1.98. The van der Waals surface area contributed by atoms with Crippen LogP contribution in [0.25, 0.3) is 0 Å². The number of carboxylic acids is 1. The number of benzene rings is 1. The molecular formula is C10H7BrO3. The van der Waals surface area contributed by atoms with Gasteiger partial charge in [0.25, 0.3) is 0 Å². The maximum Gasteiger partial charge on any atom is 0.335 e. The van der Waals surface area contributed by atoms with Gasteiger partial charge >= 0.3 is 5.97 Å². The monoisotopic (exact) mass is 254 g/mol. The Morgan fingerprint density at radius 1 is 1.50 bits per heavy atom. The average molecular weight is 255 g/mol. The number of hydrogen-bond acceptors (Lipinski definition) is 2. The van der Waals surface area contributed by atoms with Crippen molar-refractivity contribution in [1.82, 2.24) is 0 Å². The van der Waals surface area contributed by atoms with E-state index in [1.165, 1.54) is 18.2 Å². The molecule has 4 heteroatoms. The third kappa shape index (κ3) is 2.51. The van der Waals surface area contributed by atoms with Crippen LogP contribution >= 0.6 is 15.9 Å². The Morgan fingerprint density at radius 3 is 2.79 bits per heavy atom. The summed E-state index contributed by atoms with van der Waals surface area (Å²) < 4.78 is 0. The van der Waals surface area contributed by atoms with Gasteiger partial charge in [0.15, 0.2) is 0 Å². The summed E-state index contributed by atoms with van der Waals surface area (Å²) >= 11 is 3.11. The summed E-state index contributed by atoms with van der Waals surface area (Å²) in [4.78, 5) is 10.6. The first-order chi connectivity index (χ1) is 6.65. The number of rotatable bonds is 1. The van der Waals surface area contributed by atoms with Gasteiger partial charge in [-0.3, -0.25) is 0 Å². The molecule has 14 heavy (non-hydrogen) atoms. The molecule has 0 aliphatic carbocycles. The van der Waals surface area contributed by atoms with Crippen molar-refractivity contribution in [2.24, 2.45) is 0 Å². The molecule has 0 aromatic heterocycles. The van der Waals surface area contributed by atoms with E-state index >= 15 is 0 Å². The quantitative estimate of drug-likeness (QED) is 0.594. The van der Waals surface area contributed by atoms with E-state index in [1.54, 1.807) is 0 Å². The molecule has 0 saturated heterocycles. The van der Waals surface area contributed by atoms with E-state index in [1.807, 2.05) is 0 Å². The summed E-state index contributed by atoms with van der Waals surface area (Å²) in [5.41, 5.74) is 0.436. The van der Waals surface area contributed by atoms with Crippen LogP contribution in [-0.2, 0) is 0 Å². The molecule has 0 atom stereocenters. The number of halogens is 1. The number of carboxylic acid groups (broad SMARTS) is 1. The molecule has 0 spiro atoms. The highest BCUT2D eigenvalue weighted by molar-refractivity contribution is 9.09. The summed E-state index contributed by atoms with van der Waals surface area (Å²) in [6, 6.07) is 3.99. The van der Waals surface area contributed by atoms with Gasteiger partial charge in [0.2, 0.25) is 0 Å². The summed E-state index contributed by atoms with van der Waals surface area (Å²) in [6.45, 7) is 0. The van der Waals surface area contributed by atoms with Crippen molar-refractivity contribution >= 4 is 21.9 Å². The first kappa shape index (κ1) is 10.6. The van der Waals surface area contributed by atoms with E-state index < -0.39 is 5.97 Å². The first-order valence-electron chi connectivity index (χ1n) is 3.76. The highest BCUT2D eigenvalue weighted by Crippen LogP contribution is 2.17. The third-order valence-corrected chi connectivity index (χ3v) is 1.81. The van der Waals surface area contributed by atoms with Gasteiger partial charge in [-0.2, -0.15) is 0 Å². The van der Waals surface area contributed by atoms with Crippen molar-refractivity contribution in [3.63, 3.8) is 0 Å². The van der Waals surface area contributed by atoms with Crippen molar-refractivity contribution in [1.29, 1.82) is 0 Å². The highest BCUT2D eigenvalue weighted by atomic mass is 79.9. The van der Waals surface area contributed by atoms with Gasteiger partial charge in [0, 0.05) is 0 Å². The van der Waals surface area contributed by atoms with E-state index in [-0.39, 0.29) is 11.3 Å². The zero-order valence-electron chi connectivity index (χ0n) is 7.12. The van der Waals surface area contributed by atoms with Crippen LogP contribution in [-0.4, -0.2) is 21.5 Å². The summed E-state index contributed by atoms with van der Waals surface area (Å²) in [5.74, 6) is 4.29. The lowest BCUT2D eigenvalue weighted by molar-refractivity contribution is 0.0697. The fraction of sp³-hybridized carbons (Fsp3) is 0.100. The van der Waals surface area contributed by atoms with Crippen LogP contribution in [0.2, 0.25) is 0 Å². The summed E-state index contributed by atoms with van der Waals surface area (Å²) in [7, 11) is 0. The minimum Gasteiger partial charge on any atom is -0.507 e. The number of alkyl halides is 1. The molecule has 0 fully saturated rings. The van der Waals surface area contributed by atoms with Crippen LogP contribution in [0.4, 0.5) is 0 Å². The van der Waals surface area contributed by atoms with E-state index in [4.69, 9.17) is 5.11 Å². The predicted octanol–water partition coefficient (Wildman–Crippen LogP) is 1.84. The zero-order chi connectivity index (χ0) is 10.6. The van der Waals surface area contributed by atoms with Crippen molar-refractivity contribution < 1.29 is 15.0 Å². The van der Waals surface area contributed by atoms with Crippen molar-refractivity contribution in [2.45, 2.75) is 0 Å². The molecule has 0 heterocycles. The van der Waals surface area contributed by atoms with Crippen LogP contribution in [0.1, 0.15) is 15.9 Å². The van der Waals surface area contributed by atoms with Gasteiger partial charge in [0.05, 0.1) is 16.5 Å². The molecule has 0 aliphatic heterocycles. The minimum atomic E-state index is -1.04. The zero-order valence-corrected chi connectivity index (χ0v) is 8.71. The van der Waals surface area contributed by atoms with E-state index in [9.17, 15) is 9.90 Å². The molecule has 0 saturated carbocycles. The second kappa shape index (κ2) is 4.68. The van der Waals surface area contributed by atoms with Crippen LogP contribution < -0.4 is 0 Å². The largest absolute Gasteiger partial charge is 0.507 e. The molecule has 1 rings (SSSR count). The Bertz CT molecular complexity index is 415. The standard InChI is InChI=1S/C10H7BrO3/c11-5-1-2-7-6-8(10(13)14)3-4-9(7)12/h3-4,6,12H,5H2,(H,13,14). The van der Waals surface area contributed by atoms with Crippen molar-refractivity contribution in [3.8, 4) is 17.6 Å². The van der Waals surface area contributed by atoms with Crippen LogP contribution in [0.3, 0.4) is 0 Å². The van der Waals surface area contributed by atoms with Crippen LogP contribution in [0, 0.1) is 11.8 Å². The second-order valence-corrected chi connectivity index (χ2v) is 3.03. The van der Waals surface area contributed by atoms with Gasteiger partial charge in [-0.05, 0) is 18.2 Å². The Balaban J connectivity index is 3.14. The van der Waals surface area contributed by atoms with E-state index in [0.717, 1.165) is 0 Å². The second-order valence-electron chi connectivity index (χ2n) is 2.47. The molecule has 1 aromatic carbocycles. The highest BCUT2D eigenvalue weighted by Gasteiger charge is 2.05. The lowest BCUT2D eigenvalue weighted by Crippen LogP contribution is -1.96. The molecule has 2 N–H and O–H groups in total. The number of aromatic carboxylic acids is 1. The number of phenols is 1. The Morgan fingerprint density at radius 2 is 2.21 bits per heavy atom. The maximum atomic E-state index is 10.6. The van der Waals surface area contributed by atoms with Gasteiger partial charge in [-0.1, -0.05) is 27.8 Å². The molecule has 0 unspecified atom stereocenters. The molecule has 72 valence electrons. The Labute approximate surface area is 89.5 Å². The maximum absolute atomic E-state index is 10.6. The van der Waals surface area contributed by atoms with Gasteiger partial charge in [0.1, 0.15) is 5.75 Å². The first-order valence-corrected chi connectivity index (χ1v) is 4.88. The van der Waals surface area contributed by atoms with Gasteiger partial charge in [-0.25, -0.2) is 4.79 Å². The molecule has 0 aliphatic rings. The van der Waals surface area contributed by atoms with E-state index in [0.29, 0.717) is 10.9 Å². The fourth-order valence-corrected chi connectivity index (χ4v) is 1.04. The molecule has 3 nitrogen and oxygen atoms in total. The van der Waals surface area contributed by atoms with Crippen LogP contribution in [0.5, 0.6) is 5.75 Å². The van der Waals surface area contributed by atoms with Crippen molar-refractivity contribution in [2.75, 3.05) is 5.33 Å². The third-order valence-electron chi connectivity index (χ3n) is 1.53. The number of carbonyl (C=O) groups is 1. The van der Waals surface area contributed by atoms with Crippen LogP contribution in [0.15, 0.2) is 18.2 Å². The topological polar surface area (TPSA) is 57.5 Å². The molecule has 0 radical (unpaired) electrons. The molecule has 0 amide bonds.